The molecule has 1 fully saturated rings. The molecule has 0 unspecified atom stereocenters. The van der Waals surface area contributed by atoms with Gasteiger partial charge in [-0.05, 0) is 30.4 Å². The zero-order valence-corrected chi connectivity index (χ0v) is 12.8. The highest BCUT2D eigenvalue weighted by molar-refractivity contribution is 8.14. The first-order valence-corrected chi connectivity index (χ1v) is 8.61. The number of para-hydroxylation sites is 1. The number of benzene rings is 1. The maximum absolute atomic E-state index is 4.78. The van der Waals surface area contributed by atoms with Crippen molar-refractivity contribution in [2.24, 2.45) is 10.4 Å². The number of amidine groups is 1. The summed E-state index contributed by atoms with van der Waals surface area (Å²) >= 11 is 1.87. The lowest BCUT2D eigenvalue weighted by atomic mass is 9.89. The number of hydrogen-bond donors (Lipinski definition) is 1. The van der Waals surface area contributed by atoms with Crippen LogP contribution in [0.25, 0.3) is 10.9 Å². The molecule has 0 radical (unpaired) electrons. The number of hydrogen-bond acceptors (Lipinski definition) is 4. The van der Waals surface area contributed by atoms with Gasteiger partial charge in [-0.2, -0.15) is 0 Å². The predicted molar refractivity (Wildman–Crippen MR) is 91.0 cm³/mol. The van der Waals surface area contributed by atoms with Crippen LogP contribution in [0.15, 0.2) is 41.5 Å². The fourth-order valence-electron chi connectivity index (χ4n) is 3.32. The van der Waals surface area contributed by atoms with Crippen molar-refractivity contribution < 1.29 is 0 Å². The molecule has 2 aliphatic rings. The van der Waals surface area contributed by atoms with Gasteiger partial charge in [0.2, 0.25) is 0 Å². The van der Waals surface area contributed by atoms with Crippen molar-refractivity contribution in [1.82, 2.24) is 4.98 Å². The van der Waals surface area contributed by atoms with Gasteiger partial charge in [0, 0.05) is 17.7 Å². The van der Waals surface area contributed by atoms with Crippen LogP contribution in [-0.2, 0) is 0 Å². The highest BCUT2D eigenvalue weighted by atomic mass is 32.2. The minimum atomic E-state index is 0.498. The predicted octanol–water partition coefficient (Wildman–Crippen LogP) is 4.31. The summed E-state index contributed by atoms with van der Waals surface area (Å²) in [5.41, 5.74) is 2.56. The van der Waals surface area contributed by atoms with Crippen LogP contribution < -0.4 is 5.32 Å². The number of anilines is 1. The van der Waals surface area contributed by atoms with Crippen LogP contribution in [0.2, 0.25) is 0 Å². The van der Waals surface area contributed by atoms with Crippen molar-refractivity contribution in [2.75, 3.05) is 17.6 Å². The summed E-state index contributed by atoms with van der Waals surface area (Å²) in [5, 5.41) is 5.64. The monoisotopic (exact) mass is 297 g/mol. The molecule has 108 valence electrons. The number of pyridine rings is 1. The van der Waals surface area contributed by atoms with Crippen LogP contribution in [-0.4, -0.2) is 22.4 Å². The van der Waals surface area contributed by atoms with Gasteiger partial charge in [-0.25, -0.2) is 0 Å². The molecule has 1 N–H and O–H groups in total. The molecule has 21 heavy (non-hydrogen) atoms. The lowest BCUT2D eigenvalue weighted by Gasteiger charge is -2.31. The van der Waals surface area contributed by atoms with Gasteiger partial charge < -0.3 is 5.32 Å². The van der Waals surface area contributed by atoms with Gasteiger partial charge in [0.25, 0.3) is 0 Å². The van der Waals surface area contributed by atoms with E-state index in [4.69, 9.17) is 4.99 Å². The van der Waals surface area contributed by atoms with Crippen molar-refractivity contribution in [1.29, 1.82) is 0 Å². The Hall–Kier alpha value is -1.55. The second-order valence-electron chi connectivity index (χ2n) is 6.16. The lowest BCUT2D eigenvalue weighted by molar-refractivity contribution is 0.359. The molecular formula is C17H19N3S. The Morgan fingerprint density at radius 1 is 1.14 bits per heavy atom. The van der Waals surface area contributed by atoms with E-state index in [2.05, 4.69) is 22.4 Å². The normalized spacial score (nSPS) is 20.7. The van der Waals surface area contributed by atoms with E-state index in [1.807, 2.05) is 36.2 Å². The Kier molecular flexibility index (Phi) is 3.34. The number of aliphatic imine (C=N–C) groups is 1. The third-order valence-corrected chi connectivity index (χ3v) is 5.84. The maximum Gasteiger partial charge on any atom is 0.161 e. The average Bonchev–Trinajstić information content (AvgIpc) is 2.98. The van der Waals surface area contributed by atoms with Crippen LogP contribution in [0.4, 0.5) is 5.69 Å². The largest absolute Gasteiger partial charge is 0.334 e. The first-order valence-electron chi connectivity index (χ1n) is 7.62. The number of aromatic nitrogens is 1. The van der Waals surface area contributed by atoms with Crippen LogP contribution in [0, 0.1) is 5.41 Å². The summed E-state index contributed by atoms with van der Waals surface area (Å²) in [5.74, 6) is 1.21. The molecule has 1 spiro atoms. The van der Waals surface area contributed by atoms with E-state index in [-0.39, 0.29) is 0 Å². The van der Waals surface area contributed by atoms with Gasteiger partial charge in [-0.1, -0.05) is 42.8 Å². The van der Waals surface area contributed by atoms with Gasteiger partial charge in [-0.15, -0.1) is 0 Å². The molecule has 1 aromatic heterocycles. The molecule has 4 heteroatoms. The fourth-order valence-corrected chi connectivity index (χ4v) is 4.49. The van der Waals surface area contributed by atoms with Gasteiger partial charge in [0.15, 0.2) is 5.17 Å². The topological polar surface area (TPSA) is 37.3 Å². The minimum Gasteiger partial charge on any atom is -0.334 e. The SMILES string of the molecule is c1ccc2ncc(NC3=NCC4(CCCC4)CS3)cc2c1. The summed E-state index contributed by atoms with van der Waals surface area (Å²) in [6.07, 6.45) is 7.37. The average molecular weight is 297 g/mol. The summed E-state index contributed by atoms with van der Waals surface area (Å²) < 4.78 is 0. The minimum absolute atomic E-state index is 0.498. The number of thioether (sulfide) groups is 1. The van der Waals surface area contributed by atoms with E-state index < -0.39 is 0 Å². The second-order valence-corrected chi connectivity index (χ2v) is 7.12. The Bertz CT molecular complexity index is 689. The fraction of sp³-hybridized carbons (Fsp3) is 0.412. The van der Waals surface area contributed by atoms with Crippen LogP contribution in [0.3, 0.4) is 0 Å². The Morgan fingerprint density at radius 2 is 2.00 bits per heavy atom. The molecule has 4 rings (SSSR count). The number of rotatable bonds is 1. The smallest absolute Gasteiger partial charge is 0.161 e. The van der Waals surface area contributed by atoms with Crippen LogP contribution >= 0.6 is 11.8 Å². The third-order valence-electron chi connectivity index (χ3n) is 4.58. The van der Waals surface area contributed by atoms with Gasteiger partial charge in [-0.3, -0.25) is 9.98 Å². The Balaban J connectivity index is 1.51. The Labute approximate surface area is 129 Å². The molecule has 0 amide bonds. The van der Waals surface area contributed by atoms with Crippen molar-refractivity contribution in [2.45, 2.75) is 25.7 Å². The van der Waals surface area contributed by atoms with Gasteiger partial charge in [0.05, 0.1) is 17.4 Å². The zero-order valence-electron chi connectivity index (χ0n) is 12.0. The van der Waals surface area contributed by atoms with Crippen LogP contribution in [0.1, 0.15) is 25.7 Å². The molecule has 0 saturated heterocycles. The number of fused-ring (bicyclic) bond motifs is 1. The van der Waals surface area contributed by atoms with Crippen molar-refractivity contribution >= 4 is 33.5 Å². The maximum atomic E-state index is 4.78. The second kappa shape index (κ2) is 5.34. The van der Waals surface area contributed by atoms with Crippen LogP contribution in [0.5, 0.6) is 0 Å². The first kappa shape index (κ1) is 13.1. The number of nitrogens with one attached hydrogen (secondary N) is 1. The summed E-state index contributed by atoms with van der Waals surface area (Å²) in [6.45, 7) is 0.989. The molecule has 1 aromatic carbocycles. The molecule has 2 aromatic rings. The van der Waals surface area contributed by atoms with E-state index in [1.165, 1.54) is 31.4 Å². The summed E-state index contributed by atoms with van der Waals surface area (Å²) in [6, 6.07) is 10.3. The van der Waals surface area contributed by atoms with Gasteiger partial charge in [0.1, 0.15) is 0 Å². The summed E-state index contributed by atoms with van der Waals surface area (Å²) in [7, 11) is 0. The van der Waals surface area contributed by atoms with E-state index in [9.17, 15) is 0 Å². The van der Waals surface area contributed by atoms with E-state index in [0.717, 1.165) is 28.3 Å². The molecule has 1 aliphatic carbocycles. The molecule has 0 atom stereocenters. The van der Waals surface area contributed by atoms with Crippen molar-refractivity contribution in [3.63, 3.8) is 0 Å². The van der Waals surface area contributed by atoms with Crippen molar-refractivity contribution in [3.05, 3.63) is 36.5 Å². The zero-order chi connectivity index (χ0) is 14.1. The molecular weight excluding hydrogens is 278 g/mol. The highest BCUT2D eigenvalue weighted by Gasteiger charge is 2.36. The Morgan fingerprint density at radius 3 is 2.81 bits per heavy atom. The number of nitrogens with zero attached hydrogens (tertiary/aromatic N) is 2. The van der Waals surface area contributed by atoms with E-state index in [0.29, 0.717) is 5.41 Å². The standard InChI is InChI=1S/C17H19N3S/c1-2-6-15-13(5-1)9-14(10-18-15)20-16-19-11-17(12-21-16)7-3-4-8-17/h1-2,5-6,9-10H,3-4,7-8,11-12H2,(H,19,20). The molecule has 0 bridgehead atoms. The quantitative estimate of drug-likeness (QED) is 0.852. The molecule has 1 saturated carbocycles. The third kappa shape index (κ3) is 2.64. The first-order chi connectivity index (χ1) is 10.3. The van der Waals surface area contributed by atoms with E-state index >= 15 is 0 Å². The lowest BCUT2D eigenvalue weighted by Crippen LogP contribution is -2.30. The van der Waals surface area contributed by atoms with Crippen molar-refractivity contribution in [3.8, 4) is 0 Å². The highest BCUT2D eigenvalue weighted by Crippen LogP contribution is 2.43. The molecule has 1 aliphatic heterocycles. The van der Waals surface area contributed by atoms with Gasteiger partial charge >= 0.3 is 0 Å². The molecule has 2 heterocycles. The summed E-state index contributed by atoms with van der Waals surface area (Å²) in [4.78, 5) is 9.27. The molecule has 3 nitrogen and oxygen atoms in total. The van der Waals surface area contributed by atoms with E-state index in [1.54, 1.807) is 0 Å².